The van der Waals surface area contributed by atoms with E-state index in [1.807, 2.05) is 19.9 Å². The number of amides is 2. The van der Waals surface area contributed by atoms with Crippen LogP contribution in [-0.2, 0) is 0 Å². The lowest BCUT2D eigenvalue weighted by molar-refractivity contribution is 0.171. The van der Waals surface area contributed by atoms with Crippen LogP contribution in [-0.4, -0.2) is 22.5 Å². The maximum atomic E-state index is 11.3. The topological polar surface area (TPSA) is 66.6 Å². The Hall–Kier alpha value is -2.04. The number of carbonyl (C=O) groups is 1. The number of rotatable bonds is 2. The lowest BCUT2D eigenvalue weighted by atomic mass is 10.3. The summed E-state index contributed by atoms with van der Waals surface area (Å²) in [4.78, 5) is 15.0. The van der Waals surface area contributed by atoms with E-state index >= 15 is 0 Å². The van der Waals surface area contributed by atoms with E-state index in [-0.39, 0.29) is 5.49 Å². The van der Waals surface area contributed by atoms with E-state index in [0.717, 1.165) is 10.3 Å². The summed E-state index contributed by atoms with van der Waals surface area (Å²) in [5.74, 6) is 0. The molecule has 0 fully saturated rings. The zero-order valence-corrected chi connectivity index (χ0v) is 9.34. The molecule has 0 aromatic carbocycles. The first-order valence-corrected chi connectivity index (χ1v) is 4.92. The second kappa shape index (κ2) is 5.75. The molecule has 2 N–H and O–H groups in total. The molecule has 5 heteroatoms. The van der Waals surface area contributed by atoms with Crippen LogP contribution in [0.4, 0.5) is 4.79 Å². The Balaban J connectivity index is 2.67. The highest BCUT2D eigenvalue weighted by Crippen LogP contribution is 1.85. The number of hydrogen-bond donors (Lipinski definition) is 2. The van der Waals surface area contributed by atoms with Crippen LogP contribution in [0.25, 0.3) is 0 Å². The molecule has 0 saturated carbocycles. The van der Waals surface area contributed by atoms with Crippen LogP contribution in [0.5, 0.6) is 0 Å². The predicted molar refractivity (Wildman–Crippen MR) is 60.0 cm³/mol. The highest BCUT2D eigenvalue weighted by Gasteiger charge is 1.95. The van der Waals surface area contributed by atoms with Crippen LogP contribution in [0.15, 0.2) is 41.0 Å². The minimum Gasteiger partial charge on any atom is -0.427 e. The van der Waals surface area contributed by atoms with Gasteiger partial charge in [-0.05, 0) is 26.0 Å². The number of urea groups is 1. The van der Waals surface area contributed by atoms with Gasteiger partial charge in [0.15, 0.2) is 5.49 Å². The SMILES string of the molecule is CC(C)=CCNC(=O)N=c1ccccn1O. The van der Waals surface area contributed by atoms with Gasteiger partial charge in [-0.2, -0.15) is 9.72 Å². The molecule has 2 amide bonds. The molecule has 16 heavy (non-hydrogen) atoms. The van der Waals surface area contributed by atoms with Crippen molar-refractivity contribution < 1.29 is 10.0 Å². The van der Waals surface area contributed by atoms with Crippen molar-refractivity contribution >= 4 is 6.03 Å². The predicted octanol–water partition coefficient (Wildman–Crippen LogP) is 1.30. The second-order valence-corrected chi connectivity index (χ2v) is 3.48. The summed E-state index contributed by atoms with van der Waals surface area (Å²) in [5, 5.41) is 11.9. The van der Waals surface area contributed by atoms with E-state index in [4.69, 9.17) is 0 Å². The fourth-order valence-corrected chi connectivity index (χ4v) is 1.00. The zero-order chi connectivity index (χ0) is 12.0. The number of hydrogen-bond acceptors (Lipinski definition) is 2. The third kappa shape index (κ3) is 4.00. The largest absolute Gasteiger partial charge is 0.427 e. The first kappa shape index (κ1) is 12.0. The summed E-state index contributed by atoms with van der Waals surface area (Å²) in [7, 11) is 0. The van der Waals surface area contributed by atoms with Gasteiger partial charge in [0.2, 0.25) is 0 Å². The maximum Gasteiger partial charge on any atom is 0.343 e. The van der Waals surface area contributed by atoms with E-state index in [0.29, 0.717) is 6.54 Å². The standard InChI is InChI=1S/C11H15N3O2/c1-9(2)6-7-12-11(15)13-10-5-3-4-8-14(10)16/h3-6,8,16H,7H2,1-2H3,(H,12,15). The summed E-state index contributed by atoms with van der Waals surface area (Å²) in [6, 6.07) is 4.39. The smallest absolute Gasteiger partial charge is 0.343 e. The van der Waals surface area contributed by atoms with Crippen molar-refractivity contribution in [2.45, 2.75) is 13.8 Å². The maximum absolute atomic E-state index is 11.3. The Morgan fingerprint density at radius 1 is 1.56 bits per heavy atom. The van der Waals surface area contributed by atoms with Crippen LogP contribution in [0.1, 0.15) is 13.8 Å². The second-order valence-electron chi connectivity index (χ2n) is 3.48. The third-order valence-corrected chi connectivity index (χ3v) is 1.80. The van der Waals surface area contributed by atoms with E-state index in [1.165, 1.54) is 6.20 Å². The van der Waals surface area contributed by atoms with Crippen molar-refractivity contribution in [2.24, 2.45) is 4.99 Å². The highest BCUT2D eigenvalue weighted by atomic mass is 16.5. The highest BCUT2D eigenvalue weighted by molar-refractivity contribution is 5.74. The molecule has 86 valence electrons. The number of nitrogens with one attached hydrogen (secondary N) is 1. The molecular formula is C11H15N3O2. The Bertz CT molecular complexity index is 456. The average Bonchev–Trinajstić information content (AvgIpc) is 2.21. The quantitative estimate of drug-likeness (QED) is 0.584. The Kier molecular flexibility index (Phi) is 4.32. The molecule has 0 saturated heterocycles. The normalized spacial score (nSPS) is 11.0. The summed E-state index contributed by atoms with van der Waals surface area (Å²) in [5.41, 5.74) is 1.31. The van der Waals surface area contributed by atoms with E-state index in [1.54, 1.807) is 18.2 Å². The van der Waals surface area contributed by atoms with Crippen molar-refractivity contribution in [3.63, 3.8) is 0 Å². The van der Waals surface area contributed by atoms with E-state index in [9.17, 15) is 10.0 Å². The molecule has 1 aromatic rings. The van der Waals surface area contributed by atoms with Gasteiger partial charge in [-0.25, -0.2) is 4.79 Å². The average molecular weight is 221 g/mol. The number of pyridine rings is 1. The summed E-state index contributed by atoms with van der Waals surface area (Å²) in [6.45, 7) is 4.33. The van der Waals surface area contributed by atoms with Gasteiger partial charge in [0, 0.05) is 12.7 Å². The molecule has 0 radical (unpaired) electrons. The van der Waals surface area contributed by atoms with Gasteiger partial charge < -0.3 is 10.5 Å². The van der Waals surface area contributed by atoms with Crippen LogP contribution in [0, 0.1) is 0 Å². The van der Waals surface area contributed by atoms with Gasteiger partial charge in [-0.1, -0.05) is 17.7 Å². The number of aromatic nitrogens is 1. The number of allylic oxidation sites excluding steroid dienone is 1. The molecule has 1 aromatic heterocycles. The number of nitrogens with zero attached hydrogens (tertiary/aromatic N) is 2. The van der Waals surface area contributed by atoms with Gasteiger partial charge in [0.25, 0.3) is 0 Å². The fraction of sp³-hybridized carbons (Fsp3) is 0.273. The van der Waals surface area contributed by atoms with E-state index in [2.05, 4.69) is 10.3 Å². The Labute approximate surface area is 93.7 Å². The molecule has 1 rings (SSSR count). The van der Waals surface area contributed by atoms with Gasteiger partial charge in [0.1, 0.15) is 0 Å². The third-order valence-electron chi connectivity index (χ3n) is 1.80. The molecule has 0 aliphatic heterocycles. The van der Waals surface area contributed by atoms with Crippen molar-refractivity contribution in [1.82, 2.24) is 10.0 Å². The van der Waals surface area contributed by atoms with Gasteiger partial charge in [-0.15, -0.1) is 0 Å². The molecule has 0 atom stereocenters. The number of carbonyl (C=O) groups excluding carboxylic acids is 1. The minimum atomic E-state index is -0.480. The van der Waals surface area contributed by atoms with Gasteiger partial charge in [0.05, 0.1) is 0 Å². The molecule has 0 bridgehead atoms. The van der Waals surface area contributed by atoms with Crippen LogP contribution >= 0.6 is 0 Å². The molecule has 0 aliphatic rings. The lowest BCUT2D eigenvalue weighted by Crippen LogP contribution is -2.26. The Morgan fingerprint density at radius 3 is 2.94 bits per heavy atom. The monoisotopic (exact) mass is 221 g/mol. The van der Waals surface area contributed by atoms with Crippen molar-refractivity contribution in [3.8, 4) is 0 Å². The lowest BCUT2D eigenvalue weighted by Gasteiger charge is -1.98. The van der Waals surface area contributed by atoms with Crippen molar-refractivity contribution in [3.05, 3.63) is 41.5 Å². The molecule has 0 spiro atoms. The van der Waals surface area contributed by atoms with Crippen LogP contribution in [0.3, 0.4) is 0 Å². The molecule has 0 aliphatic carbocycles. The minimum absolute atomic E-state index is 0.192. The van der Waals surface area contributed by atoms with Crippen molar-refractivity contribution in [1.29, 1.82) is 0 Å². The summed E-state index contributed by atoms with van der Waals surface area (Å²) < 4.78 is 0.792. The van der Waals surface area contributed by atoms with Crippen LogP contribution < -0.4 is 10.8 Å². The zero-order valence-electron chi connectivity index (χ0n) is 9.34. The summed E-state index contributed by atoms with van der Waals surface area (Å²) >= 11 is 0. The van der Waals surface area contributed by atoms with Gasteiger partial charge >= 0.3 is 6.03 Å². The first-order valence-electron chi connectivity index (χ1n) is 4.92. The Morgan fingerprint density at radius 2 is 2.31 bits per heavy atom. The first-order chi connectivity index (χ1) is 7.59. The fourth-order valence-electron chi connectivity index (χ4n) is 1.00. The van der Waals surface area contributed by atoms with E-state index < -0.39 is 6.03 Å². The van der Waals surface area contributed by atoms with Crippen LogP contribution in [0.2, 0.25) is 0 Å². The molecule has 5 nitrogen and oxygen atoms in total. The molecule has 0 unspecified atom stereocenters. The summed E-state index contributed by atoms with van der Waals surface area (Å²) in [6.07, 6.45) is 3.29. The van der Waals surface area contributed by atoms with Gasteiger partial charge in [-0.3, -0.25) is 0 Å². The van der Waals surface area contributed by atoms with Crippen molar-refractivity contribution in [2.75, 3.05) is 6.54 Å². The molecular weight excluding hydrogens is 206 g/mol. The molecule has 1 heterocycles.